The van der Waals surface area contributed by atoms with Crippen LogP contribution in [0.15, 0.2) is 0 Å². The van der Waals surface area contributed by atoms with Crippen LogP contribution >= 0.6 is 0 Å². The Morgan fingerprint density at radius 3 is 2.59 bits per heavy atom. The summed E-state index contributed by atoms with van der Waals surface area (Å²) in [4.78, 5) is 17.5. The van der Waals surface area contributed by atoms with Crippen LogP contribution in [-0.2, 0) is 4.79 Å². The van der Waals surface area contributed by atoms with Crippen LogP contribution in [-0.4, -0.2) is 127 Å². The number of piperazine rings is 1. The van der Waals surface area contributed by atoms with Gasteiger partial charge in [-0.3, -0.25) is 19.9 Å². The molecule has 10 nitrogen and oxygen atoms in total. The van der Waals surface area contributed by atoms with Crippen LogP contribution in [0.25, 0.3) is 0 Å². The lowest BCUT2D eigenvalue weighted by Crippen LogP contribution is -2.68. The smallest absolute Gasteiger partial charge is 0.229 e. The number of amides is 1. The lowest BCUT2D eigenvalue weighted by Gasteiger charge is -2.46. The molecule has 0 bridgehead atoms. The Kier molecular flexibility index (Phi) is 7.32. The summed E-state index contributed by atoms with van der Waals surface area (Å²) in [5, 5.41) is 20.9. The van der Waals surface area contributed by atoms with Crippen molar-refractivity contribution >= 4 is 5.91 Å². The normalized spacial score (nSPS) is 40.2. The molecule has 184 valence electrons. The van der Waals surface area contributed by atoms with E-state index in [0.29, 0.717) is 26.2 Å². The molecule has 4 aliphatic heterocycles. The molecule has 0 saturated carbocycles. The van der Waals surface area contributed by atoms with Crippen LogP contribution in [0, 0.1) is 5.92 Å². The summed E-state index contributed by atoms with van der Waals surface area (Å²) in [6.07, 6.45) is -3.16. The number of rotatable bonds is 5. The van der Waals surface area contributed by atoms with Gasteiger partial charge in [-0.15, -0.1) is 0 Å². The number of alkyl halides is 2. The number of nitrogens with two attached hydrogens (primary N) is 1. The zero-order valence-corrected chi connectivity index (χ0v) is 18.9. The number of piperidine rings is 1. The molecule has 12 heteroatoms. The zero-order chi connectivity index (χ0) is 23.0. The number of β-amino-alcohol motifs (C(OH)–C–C–N with tert-alkyl or cyclic N) is 1. The maximum absolute atomic E-state index is 15.1. The first-order valence-corrected chi connectivity index (χ1v) is 11.6. The minimum Gasteiger partial charge on any atom is -0.389 e. The quantitative estimate of drug-likeness (QED) is 0.258. The zero-order valence-electron chi connectivity index (χ0n) is 18.9. The number of aliphatic hydroxyl groups is 1. The second kappa shape index (κ2) is 9.71. The summed E-state index contributed by atoms with van der Waals surface area (Å²) in [5.74, 6) is -0.861. The molecule has 7 atom stereocenters. The molecule has 32 heavy (non-hydrogen) atoms. The number of hydrazine groups is 1. The van der Waals surface area contributed by atoms with Gasteiger partial charge in [0.05, 0.1) is 35.9 Å². The minimum atomic E-state index is -1.11. The second-order valence-corrected chi connectivity index (χ2v) is 10.2. The number of carbonyl (C=O) groups is 1. The standard InChI is InChI=1S/C20H38F2N8O2/c1-20(2,32)11-28-3-5-29(6-4-28)16-13(22)8-24-9-14(16)26-19(31)15-17(23)27-30-10-12(21)7-25-18(15)30/h12-18,24-25,27,32H,3-11,23H2,1-2H3,(H,26,31). The SMILES string of the molecule is CC(C)(O)CN1CCN(C2C(F)CNCC2NC(=O)C2C(N)NN3CC(F)CNC23)CC1. The van der Waals surface area contributed by atoms with Gasteiger partial charge in [0.2, 0.25) is 5.91 Å². The van der Waals surface area contributed by atoms with Gasteiger partial charge >= 0.3 is 0 Å². The minimum absolute atomic E-state index is 0.171. The van der Waals surface area contributed by atoms with E-state index < -0.39 is 48.3 Å². The van der Waals surface area contributed by atoms with Crippen LogP contribution in [0.2, 0.25) is 0 Å². The van der Waals surface area contributed by atoms with E-state index in [9.17, 15) is 14.3 Å². The van der Waals surface area contributed by atoms with Gasteiger partial charge in [0.25, 0.3) is 0 Å². The van der Waals surface area contributed by atoms with Crippen molar-refractivity contribution in [1.82, 2.24) is 36.2 Å². The molecule has 7 unspecified atom stereocenters. The van der Waals surface area contributed by atoms with E-state index in [1.807, 2.05) is 0 Å². The number of carbonyl (C=O) groups excluding carboxylic acids is 1. The van der Waals surface area contributed by atoms with Crippen molar-refractivity contribution in [1.29, 1.82) is 0 Å². The molecule has 1 amide bonds. The van der Waals surface area contributed by atoms with Gasteiger partial charge < -0.3 is 21.5 Å². The number of nitrogens with one attached hydrogen (secondary N) is 4. The molecule has 0 aromatic carbocycles. The van der Waals surface area contributed by atoms with Crippen molar-refractivity contribution in [3.8, 4) is 0 Å². The average molecular weight is 461 g/mol. The summed E-state index contributed by atoms with van der Waals surface area (Å²) < 4.78 is 28.8. The topological polar surface area (TPSA) is 121 Å². The molecular formula is C20H38F2N8O2. The fraction of sp³-hybridized carbons (Fsp3) is 0.950. The third-order valence-electron chi connectivity index (χ3n) is 6.88. The average Bonchev–Trinajstić information content (AvgIpc) is 3.02. The first-order valence-electron chi connectivity index (χ1n) is 11.6. The summed E-state index contributed by atoms with van der Waals surface area (Å²) in [7, 11) is 0. The van der Waals surface area contributed by atoms with Crippen molar-refractivity contribution in [3.05, 3.63) is 0 Å². The number of nitrogens with zero attached hydrogens (tertiary/aromatic N) is 3. The molecule has 0 radical (unpaired) electrons. The molecule has 4 saturated heterocycles. The van der Waals surface area contributed by atoms with Crippen molar-refractivity contribution in [3.63, 3.8) is 0 Å². The Hall–Kier alpha value is -0.990. The van der Waals surface area contributed by atoms with E-state index in [1.165, 1.54) is 0 Å². The lowest BCUT2D eigenvalue weighted by atomic mass is 9.94. The van der Waals surface area contributed by atoms with Gasteiger partial charge in [-0.25, -0.2) is 19.2 Å². The first kappa shape index (κ1) is 24.1. The van der Waals surface area contributed by atoms with Gasteiger partial charge in [0, 0.05) is 58.9 Å². The molecule has 0 aromatic heterocycles. The highest BCUT2D eigenvalue weighted by Gasteiger charge is 2.48. The van der Waals surface area contributed by atoms with Crippen LogP contribution in [0.1, 0.15) is 13.8 Å². The first-order chi connectivity index (χ1) is 15.1. The summed E-state index contributed by atoms with van der Waals surface area (Å²) in [6, 6.07) is -0.827. The summed E-state index contributed by atoms with van der Waals surface area (Å²) in [5.41, 5.74) is 8.37. The van der Waals surface area contributed by atoms with Crippen LogP contribution in [0.4, 0.5) is 8.78 Å². The third kappa shape index (κ3) is 5.39. The Bertz CT molecular complexity index is 660. The van der Waals surface area contributed by atoms with E-state index in [-0.39, 0.29) is 25.5 Å². The van der Waals surface area contributed by atoms with E-state index in [4.69, 9.17) is 5.73 Å². The number of hydrogen-bond acceptors (Lipinski definition) is 9. The molecule has 4 rings (SSSR count). The molecule has 0 aliphatic carbocycles. The fourth-order valence-electron chi connectivity index (χ4n) is 5.51. The second-order valence-electron chi connectivity index (χ2n) is 10.2. The highest BCUT2D eigenvalue weighted by atomic mass is 19.1. The number of fused-ring (bicyclic) bond motifs is 1. The number of halogens is 2. The monoisotopic (exact) mass is 460 g/mol. The van der Waals surface area contributed by atoms with Gasteiger partial charge in [0.15, 0.2) is 0 Å². The Balaban J connectivity index is 1.38. The predicted molar refractivity (Wildman–Crippen MR) is 116 cm³/mol. The molecule has 0 aromatic rings. The predicted octanol–water partition coefficient (Wildman–Crippen LogP) is -2.84. The number of hydrogen-bond donors (Lipinski definition) is 6. The molecule has 0 spiro atoms. The van der Waals surface area contributed by atoms with Crippen molar-refractivity contribution in [2.45, 2.75) is 56.2 Å². The summed E-state index contributed by atoms with van der Waals surface area (Å²) in [6.45, 7) is 8.05. The highest BCUT2D eigenvalue weighted by molar-refractivity contribution is 5.81. The van der Waals surface area contributed by atoms with Crippen LogP contribution < -0.4 is 27.1 Å². The Morgan fingerprint density at radius 2 is 1.91 bits per heavy atom. The molecular weight excluding hydrogens is 422 g/mol. The summed E-state index contributed by atoms with van der Waals surface area (Å²) >= 11 is 0. The molecule has 4 heterocycles. The highest BCUT2D eigenvalue weighted by Crippen LogP contribution is 2.24. The van der Waals surface area contributed by atoms with E-state index in [1.54, 1.807) is 18.9 Å². The van der Waals surface area contributed by atoms with Gasteiger partial charge in [-0.2, -0.15) is 0 Å². The molecule has 4 fully saturated rings. The van der Waals surface area contributed by atoms with Gasteiger partial charge in [-0.1, -0.05) is 0 Å². The largest absolute Gasteiger partial charge is 0.389 e. The molecule has 4 aliphatic rings. The third-order valence-corrected chi connectivity index (χ3v) is 6.88. The van der Waals surface area contributed by atoms with Crippen molar-refractivity contribution in [2.75, 3.05) is 58.9 Å². The van der Waals surface area contributed by atoms with Crippen LogP contribution in [0.3, 0.4) is 0 Å². The Morgan fingerprint density at radius 1 is 1.19 bits per heavy atom. The van der Waals surface area contributed by atoms with Gasteiger partial charge in [-0.05, 0) is 13.8 Å². The van der Waals surface area contributed by atoms with E-state index in [0.717, 1.165) is 13.1 Å². The molecule has 7 N–H and O–H groups in total. The van der Waals surface area contributed by atoms with Crippen molar-refractivity contribution in [2.24, 2.45) is 11.7 Å². The van der Waals surface area contributed by atoms with Crippen molar-refractivity contribution < 1.29 is 18.7 Å². The van der Waals surface area contributed by atoms with E-state index in [2.05, 4.69) is 31.2 Å². The van der Waals surface area contributed by atoms with Crippen LogP contribution in [0.5, 0.6) is 0 Å². The van der Waals surface area contributed by atoms with E-state index >= 15 is 4.39 Å². The lowest BCUT2D eigenvalue weighted by molar-refractivity contribution is -0.128. The fourth-order valence-corrected chi connectivity index (χ4v) is 5.51. The Labute approximate surface area is 188 Å². The maximum atomic E-state index is 15.1. The van der Waals surface area contributed by atoms with Gasteiger partial charge in [0.1, 0.15) is 12.3 Å². The maximum Gasteiger partial charge on any atom is 0.229 e.